The van der Waals surface area contributed by atoms with Gasteiger partial charge in [0.1, 0.15) is 0 Å². The molecule has 2 N–H and O–H groups in total. The van der Waals surface area contributed by atoms with E-state index in [9.17, 15) is 14.4 Å². The largest absolute Gasteiger partial charge is 0.463 e. The molecule has 0 aliphatic carbocycles. The monoisotopic (exact) mass is 427 g/mol. The van der Waals surface area contributed by atoms with Gasteiger partial charge in [-0.3, -0.25) is 9.69 Å². The molecule has 0 spiro atoms. The van der Waals surface area contributed by atoms with Crippen molar-refractivity contribution in [1.29, 1.82) is 0 Å². The summed E-state index contributed by atoms with van der Waals surface area (Å²) < 4.78 is 5.25. The van der Waals surface area contributed by atoms with Crippen molar-refractivity contribution in [3.8, 4) is 0 Å². The van der Waals surface area contributed by atoms with Crippen molar-refractivity contribution in [2.75, 3.05) is 18.5 Å². The number of hydrogen-bond donors (Lipinski definition) is 2. The Labute approximate surface area is 179 Å². The molecule has 158 valence electrons. The van der Waals surface area contributed by atoms with E-state index >= 15 is 0 Å². The normalized spacial score (nSPS) is 16.3. The van der Waals surface area contributed by atoms with Gasteiger partial charge in [0, 0.05) is 17.9 Å². The first kappa shape index (κ1) is 21.6. The fourth-order valence-electron chi connectivity index (χ4n) is 3.36. The SMILES string of the molecule is CCCN1C(=O)NC(c2ccc(NC(=O)c3cccs3)cc2)C(C(=O)OCC)=C1C. The molecule has 0 saturated carbocycles. The van der Waals surface area contributed by atoms with Crippen LogP contribution in [0.2, 0.25) is 0 Å². The molecular weight excluding hydrogens is 402 g/mol. The third-order valence-corrected chi connectivity index (χ3v) is 5.65. The summed E-state index contributed by atoms with van der Waals surface area (Å²) in [5, 5.41) is 7.60. The first-order valence-electron chi connectivity index (χ1n) is 9.87. The molecule has 1 aliphatic rings. The minimum absolute atomic E-state index is 0.179. The minimum Gasteiger partial charge on any atom is -0.463 e. The quantitative estimate of drug-likeness (QED) is 0.645. The fourth-order valence-corrected chi connectivity index (χ4v) is 3.98. The maximum absolute atomic E-state index is 12.7. The highest BCUT2D eigenvalue weighted by molar-refractivity contribution is 7.12. The number of carbonyl (C=O) groups excluding carboxylic acids is 3. The molecule has 1 atom stereocenters. The van der Waals surface area contributed by atoms with E-state index in [-0.39, 0.29) is 18.5 Å². The second-order valence-electron chi connectivity index (χ2n) is 6.81. The summed E-state index contributed by atoms with van der Waals surface area (Å²) in [5.74, 6) is -0.627. The number of urea groups is 1. The van der Waals surface area contributed by atoms with E-state index in [2.05, 4.69) is 10.6 Å². The number of ether oxygens (including phenoxy) is 1. The molecule has 1 aromatic heterocycles. The molecule has 0 radical (unpaired) electrons. The van der Waals surface area contributed by atoms with Crippen LogP contribution < -0.4 is 10.6 Å². The molecule has 3 amide bonds. The molecular formula is C22H25N3O4S. The number of esters is 1. The Morgan fingerprint density at radius 3 is 2.53 bits per heavy atom. The molecule has 1 aromatic carbocycles. The first-order valence-corrected chi connectivity index (χ1v) is 10.7. The third kappa shape index (κ3) is 4.54. The van der Waals surface area contributed by atoms with Crippen LogP contribution in [0.4, 0.5) is 10.5 Å². The molecule has 2 heterocycles. The van der Waals surface area contributed by atoms with Crippen LogP contribution in [0.25, 0.3) is 0 Å². The number of anilines is 1. The molecule has 8 heteroatoms. The summed E-state index contributed by atoms with van der Waals surface area (Å²) in [6.07, 6.45) is 0.768. The number of hydrogen-bond acceptors (Lipinski definition) is 5. The van der Waals surface area contributed by atoms with Crippen molar-refractivity contribution in [3.05, 3.63) is 63.5 Å². The Balaban J connectivity index is 1.87. The highest BCUT2D eigenvalue weighted by Gasteiger charge is 2.36. The zero-order valence-corrected chi connectivity index (χ0v) is 18.0. The Bertz CT molecular complexity index is 951. The van der Waals surface area contributed by atoms with Gasteiger partial charge in [-0.1, -0.05) is 25.1 Å². The van der Waals surface area contributed by atoms with Gasteiger partial charge in [0.2, 0.25) is 0 Å². The summed E-state index contributed by atoms with van der Waals surface area (Å²) >= 11 is 1.37. The summed E-state index contributed by atoms with van der Waals surface area (Å²) in [5.41, 5.74) is 2.38. The van der Waals surface area contributed by atoms with E-state index < -0.39 is 12.0 Å². The minimum atomic E-state index is -0.619. The Hall–Kier alpha value is -3.13. The molecule has 0 saturated heterocycles. The molecule has 30 heavy (non-hydrogen) atoms. The second kappa shape index (κ2) is 9.58. The lowest BCUT2D eigenvalue weighted by Crippen LogP contribution is -2.48. The molecule has 2 aromatic rings. The van der Waals surface area contributed by atoms with Gasteiger partial charge in [-0.25, -0.2) is 9.59 Å². The van der Waals surface area contributed by atoms with E-state index in [1.165, 1.54) is 11.3 Å². The van der Waals surface area contributed by atoms with E-state index in [0.29, 0.717) is 28.4 Å². The third-order valence-electron chi connectivity index (χ3n) is 4.79. The number of benzene rings is 1. The van der Waals surface area contributed by atoms with Crippen molar-refractivity contribution >= 4 is 34.9 Å². The van der Waals surface area contributed by atoms with Gasteiger partial charge in [0.15, 0.2) is 0 Å². The molecule has 7 nitrogen and oxygen atoms in total. The Kier molecular flexibility index (Phi) is 6.89. The topological polar surface area (TPSA) is 87.7 Å². The molecule has 1 unspecified atom stereocenters. The van der Waals surface area contributed by atoms with E-state index in [1.54, 1.807) is 49.1 Å². The van der Waals surface area contributed by atoms with Crippen molar-refractivity contribution in [3.63, 3.8) is 0 Å². The molecule has 0 bridgehead atoms. The van der Waals surface area contributed by atoms with E-state index in [4.69, 9.17) is 4.74 Å². The van der Waals surface area contributed by atoms with Crippen molar-refractivity contribution < 1.29 is 19.1 Å². The van der Waals surface area contributed by atoms with Crippen LogP contribution in [-0.4, -0.2) is 36.0 Å². The van der Waals surface area contributed by atoms with E-state index in [0.717, 1.165) is 12.0 Å². The predicted octanol–water partition coefficient (Wildman–Crippen LogP) is 4.31. The van der Waals surface area contributed by atoms with Crippen molar-refractivity contribution in [2.45, 2.75) is 33.2 Å². The van der Waals surface area contributed by atoms with Gasteiger partial charge in [0.05, 0.1) is 23.1 Å². The zero-order chi connectivity index (χ0) is 21.7. The number of carbonyl (C=O) groups is 3. The number of amides is 3. The standard InChI is InChI=1S/C22H25N3O4S/c1-4-12-25-14(3)18(21(27)29-5-2)19(24-22(25)28)15-8-10-16(11-9-15)23-20(26)17-7-6-13-30-17/h6-11,13,19H,4-5,12H2,1-3H3,(H,23,26)(H,24,28). The van der Waals surface area contributed by atoms with Crippen LogP contribution >= 0.6 is 11.3 Å². The number of nitrogens with zero attached hydrogens (tertiary/aromatic N) is 1. The van der Waals surface area contributed by atoms with Crippen LogP contribution in [-0.2, 0) is 9.53 Å². The second-order valence-corrected chi connectivity index (χ2v) is 7.75. The Morgan fingerprint density at radius 2 is 1.93 bits per heavy atom. The number of allylic oxidation sites excluding steroid dienone is 1. The van der Waals surface area contributed by atoms with Crippen LogP contribution in [0.5, 0.6) is 0 Å². The maximum atomic E-state index is 12.7. The maximum Gasteiger partial charge on any atom is 0.338 e. The van der Waals surface area contributed by atoms with Crippen LogP contribution in [0.3, 0.4) is 0 Å². The highest BCUT2D eigenvalue weighted by atomic mass is 32.1. The summed E-state index contributed by atoms with van der Waals surface area (Å²) in [7, 11) is 0. The van der Waals surface area contributed by atoms with Gasteiger partial charge in [-0.2, -0.15) is 0 Å². The fraction of sp³-hybridized carbons (Fsp3) is 0.318. The molecule has 0 fully saturated rings. The average molecular weight is 428 g/mol. The predicted molar refractivity (Wildman–Crippen MR) is 116 cm³/mol. The number of nitrogens with one attached hydrogen (secondary N) is 2. The number of thiophene rings is 1. The van der Waals surface area contributed by atoms with Crippen molar-refractivity contribution in [2.24, 2.45) is 0 Å². The number of rotatable bonds is 7. The lowest BCUT2D eigenvalue weighted by molar-refractivity contribution is -0.139. The lowest BCUT2D eigenvalue weighted by Gasteiger charge is -2.35. The summed E-state index contributed by atoms with van der Waals surface area (Å²) in [4.78, 5) is 39.7. The van der Waals surface area contributed by atoms with E-state index in [1.807, 2.05) is 18.4 Å². The van der Waals surface area contributed by atoms with Crippen molar-refractivity contribution in [1.82, 2.24) is 10.2 Å². The van der Waals surface area contributed by atoms with Gasteiger partial charge in [-0.15, -0.1) is 11.3 Å². The smallest absolute Gasteiger partial charge is 0.338 e. The average Bonchev–Trinajstić information content (AvgIpc) is 3.26. The van der Waals surface area contributed by atoms with Crippen LogP contribution in [0.1, 0.15) is 48.5 Å². The molecule has 1 aliphatic heterocycles. The van der Waals surface area contributed by atoms with Crippen LogP contribution in [0.15, 0.2) is 53.0 Å². The summed E-state index contributed by atoms with van der Waals surface area (Å²) in [6, 6.07) is 9.80. The first-order chi connectivity index (χ1) is 14.5. The Morgan fingerprint density at radius 1 is 1.20 bits per heavy atom. The summed E-state index contributed by atoms with van der Waals surface area (Å²) in [6.45, 7) is 6.25. The molecule has 3 rings (SSSR count). The van der Waals surface area contributed by atoms with Gasteiger partial charge in [-0.05, 0) is 49.4 Å². The zero-order valence-electron chi connectivity index (χ0n) is 17.2. The van der Waals surface area contributed by atoms with Gasteiger partial charge in [0.25, 0.3) is 5.91 Å². The van der Waals surface area contributed by atoms with Crippen LogP contribution in [0, 0.1) is 0 Å². The van der Waals surface area contributed by atoms with Gasteiger partial charge >= 0.3 is 12.0 Å². The highest BCUT2D eigenvalue weighted by Crippen LogP contribution is 2.32. The lowest BCUT2D eigenvalue weighted by atomic mass is 9.94. The van der Waals surface area contributed by atoms with Gasteiger partial charge < -0.3 is 15.4 Å².